The van der Waals surface area contributed by atoms with Crippen molar-refractivity contribution in [2.75, 3.05) is 11.9 Å². The van der Waals surface area contributed by atoms with E-state index in [4.69, 9.17) is 11.6 Å². The van der Waals surface area contributed by atoms with Crippen molar-refractivity contribution < 1.29 is 0 Å². The monoisotopic (exact) mass is 319 g/mol. The Hall–Kier alpha value is -1.79. The second-order valence-corrected chi connectivity index (χ2v) is 5.82. The molecule has 0 atom stereocenters. The highest BCUT2D eigenvalue weighted by Gasteiger charge is 2.10. The first-order valence-corrected chi connectivity index (χ1v) is 7.84. The maximum atomic E-state index is 6.16. The van der Waals surface area contributed by atoms with Crippen LogP contribution in [0.1, 0.15) is 13.3 Å². The van der Waals surface area contributed by atoms with Crippen LogP contribution in [0.3, 0.4) is 0 Å². The summed E-state index contributed by atoms with van der Waals surface area (Å²) < 4.78 is 0. The number of H-pyrrole nitrogens is 1. The van der Waals surface area contributed by atoms with E-state index in [2.05, 4.69) is 32.2 Å². The molecule has 2 heterocycles. The average Bonchev–Trinajstić information content (AvgIpc) is 2.90. The Morgan fingerprint density at radius 2 is 2.14 bits per heavy atom. The van der Waals surface area contributed by atoms with Crippen LogP contribution >= 0.6 is 23.4 Å². The zero-order valence-corrected chi connectivity index (χ0v) is 13.0. The van der Waals surface area contributed by atoms with Gasteiger partial charge in [-0.1, -0.05) is 30.7 Å². The van der Waals surface area contributed by atoms with Gasteiger partial charge in [-0.15, -0.1) is 0 Å². The van der Waals surface area contributed by atoms with Crippen LogP contribution < -0.4 is 5.32 Å². The number of hydrogen-bond acceptors (Lipinski definition) is 5. The molecular weight excluding hydrogens is 306 g/mol. The minimum Gasteiger partial charge on any atom is -0.354 e. The van der Waals surface area contributed by atoms with Gasteiger partial charge in [0.15, 0.2) is 5.16 Å². The summed E-state index contributed by atoms with van der Waals surface area (Å²) in [6.07, 6.45) is 2.62. The molecule has 0 amide bonds. The summed E-state index contributed by atoms with van der Waals surface area (Å²) in [5, 5.41) is 5.11. The van der Waals surface area contributed by atoms with Crippen LogP contribution in [0, 0.1) is 0 Å². The van der Waals surface area contributed by atoms with E-state index in [-0.39, 0.29) is 0 Å². The van der Waals surface area contributed by atoms with E-state index in [9.17, 15) is 0 Å². The maximum absolute atomic E-state index is 6.16. The molecule has 0 radical (unpaired) electrons. The van der Waals surface area contributed by atoms with Crippen LogP contribution in [0.15, 0.2) is 40.6 Å². The number of imidazole rings is 1. The molecule has 0 spiro atoms. The molecule has 7 heteroatoms. The van der Waals surface area contributed by atoms with Gasteiger partial charge in [0.25, 0.3) is 0 Å². The first kappa shape index (κ1) is 14.2. The van der Waals surface area contributed by atoms with Crippen molar-refractivity contribution in [2.45, 2.75) is 23.5 Å². The zero-order chi connectivity index (χ0) is 14.7. The topological polar surface area (TPSA) is 66.5 Å². The lowest BCUT2D eigenvalue weighted by Gasteiger charge is -2.05. The number of aromatic amines is 1. The smallest absolute Gasteiger partial charge is 0.223 e. The second-order valence-electron chi connectivity index (χ2n) is 4.43. The quantitative estimate of drug-likeness (QED) is 0.696. The first-order chi connectivity index (χ1) is 10.3. The van der Waals surface area contributed by atoms with E-state index in [0.29, 0.717) is 16.0 Å². The summed E-state index contributed by atoms with van der Waals surface area (Å²) in [5.41, 5.74) is 1.92. The molecule has 5 nitrogen and oxygen atoms in total. The molecule has 0 unspecified atom stereocenters. The second kappa shape index (κ2) is 6.32. The molecule has 0 saturated carbocycles. The third-order valence-corrected chi connectivity index (χ3v) is 4.09. The van der Waals surface area contributed by atoms with Gasteiger partial charge in [-0.2, -0.15) is 0 Å². The van der Waals surface area contributed by atoms with Gasteiger partial charge < -0.3 is 10.3 Å². The Kier molecular flexibility index (Phi) is 4.26. The summed E-state index contributed by atoms with van der Waals surface area (Å²) >= 11 is 7.56. The highest BCUT2D eigenvalue weighted by atomic mass is 35.5. The van der Waals surface area contributed by atoms with Crippen molar-refractivity contribution >= 4 is 40.3 Å². The molecule has 0 fully saturated rings. The number of anilines is 1. The molecule has 0 bridgehead atoms. The standard InChI is InChI=1S/C14H14ClN5S/c1-2-7-16-13-17-8-9(15)12(20-13)21-14-18-10-5-3-4-6-11(10)19-14/h3-6,8H,2,7H2,1H3,(H,18,19)(H,16,17,20). The van der Waals surface area contributed by atoms with E-state index in [1.54, 1.807) is 6.20 Å². The predicted octanol–water partition coefficient (Wildman–Crippen LogP) is 3.98. The number of rotatable bonds is 5. The largest absolute Gasteiger partial charge is 0.354 e. The van der Waals surface area contributed by atoms with E-state index in [1.165, 1.54) is 11.8 Å². The van der Waals surface area contributed by atoms with E-state index < -0.39 is 0 Å². The molecule has 0 saturated heterocycles. The minimum absolute atomic E-state index is 0.516. The van der Waals surface area contributed by atoms with Gasteiger partial charge in [-0.25, -0.2) is 15.0 Å². The number of aromatic nitrogens is 4. The molecule has 108 valence electrons. The Morgan fingerprint density at radius 3 is 2.95 bits per heavy atom. The van der Waals surface area contributed by atoms with Crippen molar-refractivity contribution in [3.8, 4) is 0 Å². The summed E-state index contributed by atoms with van der Waals surface area (Å²) in [6, 6.07) is 7.88. The van der Waals surface area contributed by atoms with Crippen LogP contribution in [0.2, 0.25) is 5.02 Å². The fourth-order valence-electron chi connectivity index (χ4n) is 1.81. The fourth-order valence-corrected chi connectivity index (χ4v) is 2.79. The molecule has 3 rings (SSSR count). The lowest BCUT2D eigenvalue weighted by atomic mass is 10.3. The molecule has 21 heavy (non-hydrogen) atoms. The normalized spacial score (nSPS) is 11.0. The summed E-state index contributed by atoms with van der Waals surface area (Å²) in [6.45, 7) is 2.92. The molecule has 1 aromatic carbocycles. The Balaban J connectivity index is 1.86. The Morgan fingerprint density at radius 1 is 1.29 bits per heavy atom. The Bertz CT molecular complexity index is 725. The van der Waals surface area contributed by atoms with Crippen LogP contribution in [-0.2, 0) is 0 Å². The number of hydrogen-bond donors (Lipinski definition) is 2. The summed E-state index contributed by atoms with van der Waals surface area (Å²) in [4.78, 5) is 16.3. The van der Waals surface area contributed by atoms with E-state index in [1.807, 2.05) is 24.3 Å². The summed E-state index contributed by atoms with van der Waals surface area (Å²) in [7, 11) is 0. The van der Waals surface area contributed by atoms with Crippen molar-refractivity contribution in [3.63, 3.8) is 0 Å². The molecule has 0 aliphatic carbocycles. The van der Waals surface area contributed by atoms with Crippen LogP contribution in [-0.4, -0.2) is 26.5 Å². The predicted molar refractivity (Wildman–Crippen MR) is 86.0 cm³/mol. The lowest BCUT2D eigenvalue weighted by molar-refractivity contribution is 0.933. The average molecular weight is 320 g/mol. The number of fused-ring (bicyclic) bond motifs is 1. The van der Waals surface area contributed by atoms with Crippen LogP contribution in [0.25, 0.3) is 11.0 Å². The van der Waals surface area contributed by atoms with Crippen LogP contribution in [0.4, 0.5) is 5.95 Å². The first-order valence-electron chi connectivity index (χ1n) is 6.65. The fraction of sp³-hybridized carbons (Fsp3) is 0.214. The highest BCUT2D eigenvalue weighted by Crippen LogP contribution is 2.31. The molecule has 0 aliphatic heterocycles. The van der Waals surface area contributed by atoms with Gasteiger partial charge >= 0.3 is 0 Å². The molecule has 3 aromatic rings. The number of nitrogens with zero attached hydrogens (tertiary/aromatic N) is 3. The van der Waals surface area contributed by atoms with E-state index in [0.717, 1.165) is 29.2 Å². The number of halogens is 1. The highest BCUT2D eigenvalue weighted by molar-refractivity contribution is 7.99. The summed E-state index contributed by atoms with van der Waals surface area (Å²) in [5.74, 6) is 0.583. The lowest BCUT2D eigenvalue weighted by Crippen LogP contribution is -2.04. The number of benzene rings is 1. The molecule has 2 N–H and O–H groups in total. The zero-order valence-electron chi connectivity index (χ0n) is 11.4. The Labute approximate surface area is 131 Å². The minimum atomic E-state index is 0.516. The van der Waals surface area contributed by atoms with Crippen molar-refractivity contribution in [1.82, 2.24) is 19.9 Å². The van der Waals surface area contributed by atoms with Gasteiger partial charge in [0.2, 0.25) is 5.95 Å². The van der Waals surface area contributed by atoms with E-state index >= 15 is 0 Å². The van der Waals surface area contributed by atoms with Gasteiger partial charge in [-0.3, -0.25) is 0 Å². The van der Waals surface area contributed by atoms with Gasteiger partial charge in [0.1, 0.15) is 5.03 Å². The van der Waals surface area contributed by atoms with Crippen LogP contribution in [0.5, 0.6) is 0 Å². The molecule has 0 aliphatic rings. The third kappa shape index (κ3) is 3.28. The van der Waals surface area contributed by atoms with Crippen molar-refractivity contribution in [2.24, 2.45) is 0 Å². The SMILES string of the molecule is CCCNc1ncc(Cl)c(Sc2nc3ccccc3[nH]2)n1. The van der Waals surface area contributed by atoms with Gasteiger partial charge in [0, 0.05) is 6.54 Å². The van der Waals surface area contributed by atoms with Crippen molar-refractivity contribution in [3.05, 3.63) is 35.5 Å². The molecular formula is C14H14ClN5S. The molecule has 2 aromatic heterocycles. The number of para-hydroxylation sites is 2. The van der Waals surface area contributed by atoms with Crippen molar-refractivity contribution in [1.29, 1.82) is 0 Å². The van der Waals surface area contributed by atoms with Gasteiger partial charge in [0.05, 0.1) is 22.3 Å². The number of nitrogens with one attached hydrogen (secondary N) is 2. The third-order valence-electron chi connectivity index (χ3n) is 2.81. The maximum Gasteiger partial charge on any atom is 0.223 e. The van der Waals surface area contributed by atoms with Gasteiger partial charge in [-0.05, 0) is 30.3 Å².